The molecule has 10 heteroatoms. The Morgan fingerprint density at radius 3 is 2.19 bits per heavy atom. The fourth-order valence-electron chi connectivity index (χ4n) is 16.0. The highest BCUT2D eigenvalue weighted by molar-refractivity contribution is 6.00. The number of benzene rings is 1. The predicted molar refractivity (Wildman–Crippen MR) is 251 cm³/mol. The van der Waals surface area contributed by atoms with Gasteiger partial charge >= 0.3 is 11.9 Å². The van der Waals surface area contributed by atoms with Crippen LogP contribution < -0.4 is 15.5 Å². The molecule has 354 valence electrons. The highest BCUT2D eigenvalue weighted by Crippen LogP contribution is 2.77. The quantitative estimate of drug-likeness (QED) is 0.139. The minimum atomic E-state index is -0.825. The number of fused-ring (bicyclic) bond motifs is 7. The molecule has 1 saturated heterocycles. The first kappa shape index (κ1) is 47.3. The average Bonchev–Trinajstić information content (AvgIpc) is 3.52. The Hall–Kier alpha value is -3.24. The Bertz CT molecular complexity index is 2030. The molecular weight excluding hydrogens is 803 g/mol. The van der Waals surface area contributed by atoms with Gasteiger partial charge < -0.3 is 30.1 Å². The zero-order valence-corrected chi connectivity index (χ0v) is 41.2. The number of morpholine rings is 1. The molecule has 10 nitrogen and oxygen atoms in total. The molecule has 0 spiro atoms. The molecule has 10 atom stereocenters. The highest BCUT2D eigenvalue weighted by Gasteiger charge is 2.70. The number of aliphatic carboxylic acids is 1. The number of ketones is 1. The van der Waals surface area contributed by atoms with Crippen molar-refractivity contribution < 1.29 is 33.8 Å². The molecule has 1 amide bonds. The number of allylic oxidation sites excluding steroid dienone is 2. The second-order valence-corrected chi connectivity index (χ2v) is 24.7. The van der Waals surface area contributed by atoms with E-state index in [1.807, 2.05) is 38.1 Å². The first-order chi connectivity index (χ1) is 29.9. The van der Waals surface area contributed by atoms with Crippen molar-refractivity contribution in [3.05, 3.63) is 41.0 Å². The summed E-state index contributed by atoms with van der Waals surface area (Å²) in [4.78, 5) is 55.5. The van der Waals surface area contributed by atoms with Gasteiger partial charge in [-0.05, 0) is 160 Å². The van der Waals surface area contributed by atoms with Crippen molar-refractivity contribution in [2.24, 2.45) is 68.0 Å². The van der Waals surface area contributed by atoms with E-state index < -0.39 is 22.8 Å². The predicted octanol–water partition coefficient (Wildman–Crippen LogP) is 9.65. The van der Waals surface area contributed by atoms with Crippen LogP contribution in [0.5, 0.6) is 0 Å². The Morgan fingerprint density at radius 1 is 0.859 bits per heavy atom. The summed E-state index contributed by atoms with van der Waals surface area (Å²) in [6, 6.07) is 7.89. The summed E-state index contributed by atoms with van der Waals surface area (Å²) in [6.45, 7) is 29.5. The lowest BCUT2D eigenvalue weighted by atomic mass is 9.33. The normalized spacial score (nSPS) is 37.8. The minimum absolute atomic E-state index is 0.0670. The fraction of sp³-hybridized carbons (Fsp3) is 0.778. The zero-order valence-electron chi connectivity index (χ0n) is 41.2. The average molecular weight is 884 g/mol. The number of hydrogen-bond donors (Lipinski definition) is 3. The monoisotopic (exact) mass is 884 g/mol. The van der Waals surface area contributed by atoms with Crippen molar-refractivity contribution in [2.75, 3.05) is 44.3 Å². The van der Waals surface area contributed by atoms with Gasteiger partial charge in [0.05, 0.1) is 25.0 Å². The topological polar surface area (TPSA) is 134 Å². The standard InChI is InChI=1S/C54H81N3O7/c1-33(2)43-39(58)31-54(24-25-55-32-48(3,4)56-45(59)34-12-14-35(15-13-34)57-26-28-63-29-27-57)23-22-52(10)36(44(43)54)16-17-41-51(9)20-19-42(50(7,8)40(51)18-21-53(41,52)11)64-47(62)38-30-37(46(60)61)49(38,5)6/h12-15,33,36-38,40-42,55H,16-32H2,1-11H3,(H,56,59)(H,60,61)/t36-,37+,38-,40+,41-,42+,51+,52-,53-,54-/m1/s1. The second-order valence-electron chi connectivity index (χ2n) is 24.7. The molecule has 64 heavy (non-hydrogen) atoms. The molecule has 1 aliphatic heterocycles. The van der Waals surface area contributed by atoms with Crippen LogP contribution in [-0.4, -0.2) is 79.8 Å². The molecule has 3 N–H and O–H groups in total. The maximum atomic E-state index is 14.3. The van der Waals surface area contributed by atoms with E-state index in [0.29, 0.717) is 48.5 Å². The maximum absolute atomic E-state index is 14.3. The minimum Gasteiger partial charge on any atom is -0.481 e. The van der Waals surface area contributed by atoms with Crippen molar-refractivity contribution in [1.29, 1.82) is 0 Å². The summed E-state index contributed by atoms with van der Waals surface area (Å²) in [5.41, 5.74) is 3.28. The van der Waals surface area contributed by atoms with Gasteiger partial charge in [0.2, 0.25) is 0 Å². The molecule has 1 aromatic rings. The van der Waals surface area contributed by atoms with Crippen LogP contribution in [0, 0.1) is 68.0 Å². The van der Waals surface area contributed by atoms with Gasteiger partial charge in [-0.25, -0.2) is 0 Å². The number of carbonyl (C=O) groups excluding carboxylic acids is 3. The number of ether oxygens (including phenoxy) is 2. The number of nitrogens with zero attached hydrogens (tertiary/aromatic N) is 1. The molecule has 0 unspecified atom stereocenters. The molecule has 7 aliphatic rings. The first-order valence-corrected chi connectivity index (χ1v) is 25.1. The summed E-state index contributed by atoms with van der Waals surface area (Å²) >= 11 is 0. The van der Waals surface area contributed by atoms with Gasteiger partial charge in [0.15, 0.2) is 5.78 Å². The molecule has 0 bridgehead atoms. The van der Waals surface area contributed by atoms with Gasteiger partial charge in [-0.15, -0.1) is 0 Å². The summed E-state index contributed by atoms with van der Waals surface area (Å²) < 4.78 is 12.0. The number of Topliss-reactive ketones (excluding diaryl/α,β-unsaturated/α-hetero) is 1. The van der Waals surface area contributed by atoms with E-state index in [9.17, 15) is 24.3 Å². The number of rotatable bonds is 12. The van der Waals surface area contributed by atoms with E-state index in [4.69, 9.17) is 9.47 Å². The van der Waals surface area contributed by atoms with Gasteiger partial charge in [-0.1, -0.05) is 67.9 Å². The Morgan fingerprint density at radius 2 is 1.55 bits per heavy atom. The Labute approximate surface area is 384 Å². The van der Waals surface area contributed by atoms with E-state index in [1.54, 1.807) is 0 Å². The van der Waals surface area contributed by atoms with Gasteiger partial charge in [0.25, 0.3) is 5.91 Å². The van der Waals surface area contributed by atoms with Crippen molar-refractivity contribution in [3.8, 4) is 0 Å². The number of carboxylic acids is 1. The van der Waals surface area contributed by atoms with Crippen LogP contribution in [0.2, 0.25) is 0 Å². The number of carbonyl (C=O) groups is 4. The van der Waals surface area contributed by atoms with E-state index in [0.717, 1.165) is 102 Å². The van der Waals surface area contributed by atoms with Crippen molar-refractivity contribution >= 4 is 29.3 Å². The van der Waals surface area contributed by atoms with Crippen molar-refractivity contribution in [1.82, 2.24) is 10.6 Å². The van der Waals surface area contributed by atoms with Gasteiger partial charge in [-0.2, -0.15) is 0 Å². The van der Waals surface area contributed by atoms with Crippen LogP contribution in [0.15, 0.2) is 35.4 Å². The number of anilines is 1. The van der Waals surface area contributed by atoms with Crippen LogP contribution in [-0.2, 0) is 23.9 Å². The molecule has 8 rings (SSSR count). The van der Waals surface area contributed by atoms with Crippen molar-refractivity contribution in [3.63, 3.8) is 0 Å². The smallest absolute Gasteiger partial charge is 0.309 e. The Balaban J connectivity index is 0.938. The van der Waals surface area contributed by atoms with Gasteiger partial charge in [0.1, 0.15) is 6.10 Å². The lowest BCUT2D eigenvalue weighted by molar-refractivity contribution is -0.236. The number of nitrogens with one attached hydrogen (secondary N) is 2. The Kier molecular flexibility index (Phi) is 12.2. The number of hydrogen-bond acceptors (Lipinski definition) is 8. The third-order valence-electron chi connectivity index (χ3n) is 19.9. The number of esters is 1. The maximum Gasteiger partial charge on any atom is 0.309 e. The van der Waals surface area contributed by atoms with Crippen molar-refractivity contribution in [2.45, 2.75) is 158 Å². The summed E-state index contributed by atoms with van der Waals surface area (Å²) in [7, 11) is 0. The number of carboxylic acid groups (broad SMARTS) is 1. The highest BCUT2D eigenvalue weighted by atomic mass is 16.5. The molecule has 6 fully saturated rings. The largest absolute Gasteiger partial charge is 0.481 e. The number of amides is 1. The van der Waals surface area contributed by atoms with E-state index in [2.05, 4.69) is 77.8 Å². The molecule has 1 heterocycles. The second kappa shape index (κ2) is 16.5. The lowest BCUT2D eigenvalue weighted by Crippen LogP contribution is -2.66. The summed E-state index contributed by atoms with van der Waals surface area (Å²) in [6.07, 6.45) is 10.2. The van der Waals surface area contributed by atoms with Crippen LogP contribution >= 0.6 is 0 Å². The SMILES string of the molecule is CC(C)C1=C2[C@H]3CC[C@@H]4[C@@]5(C)CC[C@H](OC(=O)[C@H]6C[C@@H](C(=O)O)C6(C)C)C(C)(C)[C@@H]5CC[C@@]4(C)[C@]3(C)CC[C@@]2(CCNCC(C)(C)NC(=O)c2ccc(N3CCOCC3)cc2)CC1=O. The van der Waals surface area contributed by atoms with Crippen LogP contribution in [0.4, 0.5) is 5.69 Å². The molecular formula is C54H81N3O7. The molecule has 1 aromatic carbocycles. The third-order valence-corrected chi connectivity index (χ3v) is 19.9. The zero-order chi connectivity index (χ0) is 46.4. The summed E-state index contributed by atoms with van der Waals surface area (Å²) in [5, 5.41) is 16.7. The fourth-order valence-corrected chi connectivity index (χ4v) is 16.0. The summed E-state index contributed by atoms with van der Waals surface area (Å²) in [5.74, 6) is -0.118. The molecule has 6 aliphatic carbocycles. The van der Waals surface area contributed by atoms with Crippen LogP contribution in [0.25, 0.3) is 0 Å². The van der Waals surface area contributed by atoms with Gasteiger partial charge in [0, 0.05) is 53.7 Å². The first-order valence-electron chi connectivity index (χ1n) is 25.1. The van der Waals surface area contributed by atoms with E-state index in [1.165, 1.54) is 5.57 Å². The molecule has 0 aromatic heterocycles. The van der Waals surface area contributed by atoms with Gasteiger partial charge in [-0.3, -0.25) is 19.2 Å². The van der Waals surface area contributed by atoms with Crippen LogP contribution in [0.1, 0.15) is 157 Å². The van der Waals surface area contributed by atoms with E-state index >= 15 is 0 Å². The van der Waals surface area contributed by atoms with E-state index in [-0.39, 0.29) is 56.9 Å². The molecule has 0 radical (unpaired) electrons. The van der Waals surface area contributed by atoms with Crippen LogP contribution in [0.3, 0.4) is 0 Å². The third kappa shape index (κ3) is 7.59. The molecule has 5 saturated carbocycles. The lowest BCUT2D eigenvalue weighted by Gasteiger charge is -2.72.